The van der Waals surface area contributed by atoms with E-state index in [1.165, 1.54) is 5.56 Å². The van der Waals surface area contributed by atoms with E-state index >= 15 is 0 Å². The van der Waals surface area contributed by atoms with E-state index in [2.05, 4.69) is 12.1 Å². The lowest BCUT2D eigenvalue weighted by Gasteiger charge is -2.03. The molecule has 0 unspecified atom stereocenters. The highest BCUT2D eigenvalue weighted by molar-refractivity contribution is 5.51. The van der Waals surface area contributed by atoms with Gasteiger partial charge in [0.15, 0.2) is 0 Å². The fourth-order valence-electron chi connectivity index (χ4n) is 1.14. The zero-order valence-corrected chi connectivity index (χ0v) is 8.73. The molecule has 74 valence electrons. The minimum absolute atomic E-state index is 0.635. The Morgan fingerprint density at radius 3 is 2.79 bits per heavy atom. The molecule has 1 aromatic carbocycles. The predicted octanol–water partition coefficient (Wildman–Crippen LogP) is 3.67. The summed E-state index contributed by atoms with van der Waals surface area (Å²) < 4.78 is 5.51. The van der Waals surface area contributed by atoms with E-state index in [0.717, 1.165) is 5.75 Å². The SMILES string of the molecule is C/C=C/COc1cccc(/C=C/C)c1. The van der Waals surface area contributed by atoms with Gasteiger partial charge in [-0.05, 0) is 31.5 Å². The standard InChI is InChI=1S/C13H16O/c1-3-5-10-14-13-9-6-8-12(11-13)7-4-2/h3-9,11H,10H2,1-2H3/b5-3+,7-4+. The topological polar surface area (TPSA) is 9.23 Å². The summed E-state index contributed by atoms with van der Waals surface area (Å²) >= 11 is 0. The van der Waals surface area contributed by atoms with Gasteiger partial charge in [0.2, 0.25) is 0 Å². The van der Waals surface area contributed by atoms with E-state index in [1.54, 1.807) is 0 Å². The van der Waals surface area contributed by atoms with Gasteiger partial charge in [0.1, 0.15) is 12.4 Å². The highest BCUT2D eigenvalue weighted by Gasteiger charge is 1.92. The van der Waals surface area contributed by atoms with Crippen LogP contribution in [-0.4, -0.2) is 6.61 Å². The van der Waals surface area contributed by atoms with Crippen LogP contribution in [0.25, 0.3) is 6.08 Å². The second-order valence-corrected chi connectivity index (χ2v) is 2.95. The summed E-state index contributed by atoms with van der Waals surface area (Å²) in [5.41, 5.74) is 1.17. The van der Waals surface area contributed by atoms with Gasteiger partial charge in [0.25, 0.3) is 0 Å². The van der Waals surface area contributed by atoms with E-state index in [0.29, 0.717) is 6.61 Å². The molecule has 0 amide bonds. The number of allylic oxidation sites excluding steroid dienone is 2. The first-order valence-corrected chi connectivity index (χ1v) is 4.83. The lowest BCUT2D eigenvalue weighted by Crippen LogP contribution is -1.92. The van der Waals surface area contributed by atoms with Gasteiger partial charge in [-0.25, -0.2) is 0 Å². The summed E-state index contributed by atoms with van der Waals surface area (Å²) in [4.78, 5) is 0. The van der Waals surface area contributed by atoms with Crippen LogP contribution in [0.4, 0.5) is 0 Å². The lowest BCUT2D eigenvalue weighted by atomic mass is 10.2. The van der Waals surface area contributed by atoms with E-state index in [4.69, 9.17) is 4.74 Å². The molecule has 0 aliphatic carbocycles. The highest BCUT2D eigenvalue weighted by Crippen LogP contribution is 2.14. The molecule has 0 radical (unpaired) electrons. The molecule has 0 saturated heterocycles. The van der Waals surface area contributed by atoms with Crippen LogP contribution in [0.15, 0.2) is 42.5 Å². The monoisotopic (exact) mass is 188 g/mol. The molecular formula is C13H16O. The second-order valence-electron chi connectivity index (χ2n) is 2.95. The molecule has 0 aromatic heterocycles. The Balaban J connectivity index is 2.63. The van der Waals surface area contributed by atoms with Gasteiger partial charge in [-0.1, -0.05) is 36.4 Å². The molecule has 1 nitrogen and oxygen atoms in total. The molecule has 0 fully saturated rings. The van der Waals surface area contributed by atoms with Crippen molar-refractivity contribution in [1.29, 1.82) is 0 Å². The summed E-state index contributed by atoms with van der Waals surface area (Å²) in [6.45, 7) is 4.63. The Labute approximate surface area is 85.7 Å². The number of rotatable bonds is 4. The third kappa shape index (κ3) is 3.48. The summed E-state index contributed by atoms with van der Waals surface area (Å²) in [7, 11) is 0. The maximum Gasteiger partial charge on any atom is 0.120 e. The van der Waals surface area contributed by atoms with Crippen molar-refractivity contribution in [2.24, 2.45) is 0 Å². The molecule has 0 bridgehead atoms. The normalized spacial score (nSPS) is 11.3. The van der Waals surface area contributed by atoms with Crippen LogP contribution >= 0.6 is 0 Å². The average molecular weight is 188 g/mol. The zero-order chi connectivity index (χ0) is 10.2. The molecular weight excluding hydrogens is 172 g/mol. The third-order valence-electron chi connectivity index (χ3n) is 1.80. The first-order chi connectivity index (χ1) is 6.86. The summed E-state index contributed by atoms with van der Waals surface area (Å²) in [5.74, 6) is 0.915. The number of benzene rings is 1. The first-order valence-electron chi connectivity index (χ1n) is 4.83. The molecule has 1 heteroatoms. The van der Waals surface area contributed by atoms with Gasteiger partial charge >= 0.3 is 0 Å². The molecule has 0 aliphatic heterocycles. The Hall–Kier alpha value is -1.50. The van der Waals surface area contributed by atoms with Crippen molar-refractivity contribution < 1.29 is 4.74 Å². The molecule has 0 heterocycles. The Kier molecular flexibility index (Phi) is 4.56. The first kappa shape index (κ1) is 10.6. The van der Waals surface area contributed by atoms with E-state index in [9.17, 15) is 0 Å². The molecule has 0 aliphatic rings. The molecule has 0 saturated carbocycles. The Morgan fingerprint density at radius 2 is 2.07 bits per heavy atom. The summed E-state index contributed by atoms with van der Waals surface area (Å²) in [5, 5.41) is 0. The van der Waals surface area contributed by atoms with Crippen molar-refractivity contribution >= 4 is 6.08 Å². The van der Waals surface area contributed by atoms with Crippen molar-refractivity contribution in [2.75, 3.05) is 6.61 Å². The minimum atomic E-state index is 0.635. The van der Waals surface area contributed by atoms with E-state index in [1.807, 2.05) is 50.3 Å². The van der Waals surface area contributed by atoms with Gasteiger partial charge < -0.3 is 4.74 Å². The zero-order valence-electron chi connectivity index (χ0n) is 8.73. The van der Waals surface area contributed by atoms with E-state index < -0.39 is 0 Å². The minimum Gasteiger partial charge on any atom is -0.490 e. The van der Waals surface area contributed by atoms with Crippen molar-refractivity contribution in [3.05, 3.63) is 48.1 Å². The maximum atomic E-state index is 5.51. The van der Waals surface area contributed by atoms with Gasteiger partial charge in [-0.15, -0.1) is 0 Å². The van der Waals surface area contributed by atoms with Gasteiger partial charge in [-0.2, -0.15) is 0 Å². The molecule has 1 aromatic rings. The summed E-state index contributed by atoms with van der Waals surface area (Å²) in [6, 6.07) is 8.06. The van der Waals surface area contributed by atoms with Crippen LogP contribution in [0.5, 0.6) is 5.75 Å². The van der Waals surface area contributed by atoms with Crippen LogP contribution < -0.4 is 4.74 Å². The number of hydrogen-bond donors (Lipinski definition) is 0. The van der Waals surface area contributed by atoms with Crippen molar-refractivity contribution in [3.8, 4) is 5.75 Å². The summed E-state index contributed by atoms with van der Waals surface area (Å²) in [6.07, 6.45) is 8.05. The molecule has 0 spiro atoms. The van der Waals surface area contributed by atoms with Crippen LogP contribution in [0.2, 0.25) is 0 Å². The van der Waals surface area contributed by atoms with E-state index in [-0.39, 0.29) is 0 Å². The van der Waals surface area contributed by atoms with Gasteiger partial charge in [0.05, 0.1) is 0 Å². The third-order valence-corrected chi connectivity index (χ3v) is 1.80. The Bertz CT molecular complexity index is 324. The quantitative estimate of drug-likeness (QED) is 0.655. The maximum absolute atomic E-state index is 5.51. The largest absolute Gasteiger partial charge is 0.490 e. The van der Waals surface area contributed by atoms with Gasteiger partial charge in [-0.3, -0.25) is 0 Å². The van der Waals surface area contributed by atoms with Crippen LogP contribution in [0.1, 0.15) is 19.4 Å². The predicted molar refractivity (Wildman–Crippen MR) is 61.5 cm³/mol. The molecule has 14 heavy (non-hydrogen) atoms. The van der Waals surface area contributed by atoms with Crippen LogP contribution in [-0.2, 0) is 0 Å². The molecule has 0 atom stereocenters. The van der Waals surface area contributed by atoms with Crippen molar-refractivity contribution in [2.45, 2.75) is 13.8 Å². The highest BCUT2D eigenvalue weighted by atomic mass is 16.5. The second kappa shape index (κ2) is 6.03. The lowest BCUT2D eigenvalue weighted by molar-refractivity contribution is 0.362. The Morgan fingerprint density at radius 1 is 1.21 bits per heavy atom. The number of hydrogen-bond acceptors (Lipinski definition) is 1. The van der Waals surface area contributed by atoms with Crippen LogP contribution in [0, 0.1) is 0 Å². The molecule has 0 N–H and O–H groups in total. The van der Waals surface area contributed by atoms with Crippen LogP contribution in [0.3, 0.4) is 0 Å². The smallest absolute Gasteiger partial charge is 0.120 e. The van der Waals surface area contributed by atoms with Gasteiger partial charge in [0, 0.05) is 0 Å². The van der Waals surface area contributed by atoms with Crippen molar-refractivity contribution in [1.82, 2.24) is 0 Å². The number of ether oxygens (including phenoxy) is 1. The fourth-order valence-corrected chi connectivity index (χ4v) is 1.14. The average Bonchev–Trinajstić information content (AvgIpc) is 2.19. The van der Waals surface area contributed by atoms with Crippen molar-refractivity contribution in [3.63, 3.8) is 0 Å². The fraction of sp³-hybridized carbons (Fsp3) is 0.231. The molecule has 1 rings (SSSR count).